The number of hydrogen-bond donors (Lipinski definition) is 1. The lowest BCUT2D eigenvalue weighted by Crippen LogP contribution is -2.51. The first-order valence-electron chi connectivity index (χ1n) is 6.42. The topological polar surface area (TPSA) is 29.3 Å². The Hall–Kier alpha value is -0.570. The fourth-order valence-corrected chi connectivity index (χ4v) is 2.95. The van der Waals surface area contributed by atoms with Crippen LogP contribution >= 0.6 is 11.6 Å². The van der Waals surface area contributed by atoms with E-state index in [0.29, 0.717) is 6.04 Å². The van der Waals surface area contributed by atoms with Crippen molar-refractivity contribution in [2.75, 3.05) is 7.05 Å². The summed E-state index contributed by atoms with van der Waals surface area (Å²) in [6, 6.07) is 8.49. The zero-order valence-corrected chi connectivity index (χ0v) is 12.8. The first kappa shape index (κ1) is 15.5. The lowest BCUT2D eigenvalue weighted by molar-refractivity contribution is 0.100. The highest BCUT2D eigenvalue weighted by Gasteiger charge is 2.31. The molecule has 1 aromatic rings. The Balaban J connectivity index is 2.79. The molecule has 1 aromatic carbocycles. The minimum absolute atomic E-state index is 0.141. The van der Waals surface area contributed by atoms with Gasteiger partial charge >= 0.3 is 0 Å². The van der Waals surface area contributed by atoms with E-state index in [-0.39, 0.29) is 11.5 Å². The Kier molecular flexibility index (Phi) is 5.20. The van der Waals surface area contributed by atoms with Gasteiger partial charge in [0.05, 0.1) is 0 Å². The minimum Gasteiger partial charge on any atom is -0.327 e. The molecule has 0 saturated heterocycles. The van der Waals surface area contributed by atoms with Crippen molar-refractivity contribution in [1.82, 2.24) is 4.90 Å². The van der Waals surface area contributed by atoms with E-state index in [9.17, 15) is 0 Å². The summed E-state index contributed by atoms with van der Waals surface area (Å²) in [6.45, 7) is 9.67. The molecule has 0 radical (unpaired) electrons. The Labute approximate surface area is 116 Å². The molecule has 3 heteroatoms. The summed E-state index contributed by atoms with van der Waals surface area (Å²) in [5, 5.41) is 0.779. The van der Waals surface area contributed by atoms with E-state index in [0.717, 1.165) is 11.6 Å². The number of benzene rings is 1. The predicted octanol–water partition coefficient (Wildman–Crippen LogP) is 3.53. The molecule has 2 unspecified atom stereocenters. The van der Waals surface area contributed by atoms with Gasteiger partial charge in [-0.2, -0.15) is 0 Å². The molecule has 0 aliphatic carbocycles. The summed E-state index contributed by atoms with van der Waals surface area (Å²) in [7, 11) is 2.13. The number of nitrogens with zero attached hydrogens (tertiary/aromatic N) is 1. The first-order chi connectivity index (χ1) is 8.21. The Morgan fingerprint density at radius 1 is 1.22 bits per heavy atom. The monoisotopic (exact) mass is 268 g/mol. The SMILES string of the molecule is CC(N)C(N(C)Cc1ccc(Cl)cc1)C(C)(C)C. The van der Waals surface area contributed by atoms with Crippen LogP contribution in [0.3, 0.4) is 0 Å². The van der Waals surface area contributed by atoms with Crippen LogP contribution in [0.5, 0.6) is 0 Å². The summed E-state index contributed by atoms with van der Waals surface area (Å²) >= 11 is 5.90. The average molecular weight is 269 g/mol. The molecule has 0 aromatic heterocycles. The summed E-state index contributed by atoms with van der Waals surface area (Å²) in [6.07, 6.45) is 0. The largest absolute Gasteiger partial charge is 0.327 e. The molecule has 0 fully saturated rings. The molecule has 0 heterocycles. The molecular formula is C15H25ClN2. The third kappa shape index (κ3) is 4.27. The van der Waals surface area contributed by atoms with Gasteiger partial charge in [-0.25, -0.2) is 0 Å². The van der Waals surface area contributed by atoms with Crippen LogP contribution in [-0.2, 0) is 6.54 Å². The van der Waals surface area contributed by atoms with Gasteiger partial charge in [-0.1, -0.05) is 44.5 Å². The lowest BCUT2D eigenvalue weighted by Gasteiger charge is -2.40. The van der Waals surface area contributed by atoms with E-state index in [4.69, 9.17) is 17.3 Å². The molecule has 0 saturated carbocycles. The summed E-state index contributed by atoms with van der Waals surface area (Å²) in [4.78, 5) is 2.33. The van der Waals surface area contributed by atoms with Crippen LogP contribution in [0, 0.1) is 5.41 Å². The van der Waals surface area contributed by atoms with E-state index < -0.39 is 0 Å². The van der Waals surface area contributed by atoms with Gasteiger partial charge in [-0.05, 0) is 37.1 Å². The van der Waals surface area contributed by atoms with E-state index >= 15 is 0 Å². The predicted molar refractivity (Wildman–Crippen MR) is 79.8 cm³/mol. The van der Waals surface area contributed by atoms with Gasteiger partial charge in [0.25, 0.3) is 0 Å². The normalized spacial score (nSPS) is 15.8. The molecule has 2 N–H and O–H groups in total. The van der Waals surface area contributed by atoms with Crippen LogP contribution in [-0.4, -0.2) is 24.0 Å². The van der Waals surface area contributed by atoms with Crippen molar-refractivity contribution in [2.45, 2.75) is 46.3 Å². The summed E-state index contributed by atoms with van der Waals surface area (Å²) in [5.41, 5.74) is 7.56. The van der Waals surface area contributed by atoms with Crippen LogP contribution < -0.4 is 5.73 Å². The van der Waals surface area contributed by atoms with Crippen molar-refractivity contribution in [2.24, 2.45) is 11.1 Å². The van der Waals surface area contributed by atoms with Crippen molar-refractivity contribution in [3.63, 3.8) is 0 Å². The maximum Gasteiger partial charge on any atom is 0.0406 e. The lowest BCUT2D eigenvalue weighted by atomic mass is 9.82. The Bertz CT molecular complexity index is 365. The van der Waals surface area contributed by atoms with Crippen molar-refractivity contribution < 1.29 is 0 Å². The third-order valence-electron chi connectivity index (χ3n) is 3.21. The second kappa shape index (κ2) is 6.05. The highest BCUT2D eigenvalue weighted by atomic mass is 35.5. The molecular weight excluding hydrogens is 244 g/mol. The second-order valence-corrected chi connectivity index (χ2v) is 6.65. The molecule has 0 bridgehead atoms. The fourth-order valence-electron chi connectivity index (χ4n) is 2.83. The number of nitrogens with two attached hydrogens (primary N) is 1. The molecule has 2 atom stereocenters. The van der Waals surface area contributed by atoms with Gasteiger partial charge in [-0.15, -0.1) is 0 Å². The van der Waals surface area contributed by atoms with E-state index in [1.165, 1.54) is 5.56 Å². The molecule has 0 spiro atoms. The van der Waals surface area contributed by atoms with Gasteiger partial charge in [-0.3, -0.25) is 4.90 Å². The second-order valence-electron chi connectivity index (χ2n) is 6.21. The standard InChI is InChI=1S/C15H25ClN2/c1-11(17)14(15(2,3)4)18(5)10-12-6-8-13(16)9-7-12/h6-9,11,14H,10,17H2,1-5H3. The molecule has 0 aliphatic rings. The smallest absolute Gasteiger partial charge is 0.0406 e. The number of rotatable bonds is 4. The maximum atomic E-state index is 6.14. The quantitative estimate of drug-likeness (QED) is 0.905. The molecule has 102 valence electrons. The van der Waals surface area contributed by atoms with Crippen molar-refractivity contribution >= 4 is 11.6 Å². The fraction of sp³-hybridized carbons (Fsp3) is 0.600. The molecule has 0 amide bonds. The zero-order chi connectivity index (χ0) is 13.9. The summed E-state index contributed by atoms with van der Waals surface area (Å²) < 4.78 is 0. The van der Waals surface area contributed by atoms with Crippen LogP contribution in [0.15, 0.2) is 24.3 Å². The van der Waals surface area contributed by atoms with Gasteiger partial charge < -0.3 is 5.73 Å². The minimum atomic E-state index is 0.141. The number of hydrogen-bond acceptors (Lipinski definition) is 2. The third-order valence-corrected chi connectivity index (χ3v) is 3.46. The zero-order valence-electron chi connectivity index (χ0n) is 12.1. The van der Waals surface area contributed by atoms with E-state index in [1.807, 2.05) is 12.1 Å². The van der Waals surface area contributed by atoms with Gasteiger partial charge in [0.15, 0.2) is 0 Å². The average Bonchev–Trinajstić information content (AvgIpc) is 2.18. The van der Waals surface area contributed by atoms with Crippen LogP contribution in [0.25, 0.3) is 0 Å². The van der Waals surface area contributed by atoms with Crippen LogP contribution in [0.4, 0.5) is 0 Å². The number of halogens is 1. The number of likely N-dealkylation sites (N-methyl/N-ethyl adjacent to an activating group) is 1. The molecule has 18 heavy (non-hydrogen) atoms. The van der Waals surface area contributed by atoms with Crippen LogP contribution in [0.2, 0.25) is 5.02 Å². The van der Waals surface area contributed by atoms with Gasteiger partial charge in [0, 0.05) is 23.7 Å². The van der Waals surface area contributed by atoms with Gasteiger partial charge in [0.1, 0.15) is 0 Å². The first-order valence-corrected chi connectivity index (χ1v) is 6.80. The van der Waals surface area contributed by atoms with Crippen LogP contribution in [0.1, 0.15) is 33.3 Å². The van der Waals surface area contributed by atoms with Gasteiger partial charge in [0.2, 0.25) is 0 Å². The highest BCUT2D eigenvalue weighted by molar-refractivity contribution is 6.30. The Morgan fingerprint density at radius 3 is 2.11 bits per heavy atom. The highest BCUT2D eigenvalue weighted by Crippen LogP contribution is 2.26. The molecule has 0 aliphatic heterocycles. The molecule has 2 nitrogen and oxygen atoms in total. The Morgan fingerprint density at radius 2 is 1.72 bits per heavy atom. The van der Waals surface area contributed by atoms with Crippen molar-refractivity contribution in [3.05, 3.63) is 34.9 Å². The van der Waals surface area contributed by atoms with Crippen molar-refractivity contribution in [3.8, 4) is 0 Å². The van der Waals surface area contributed by atoms with E-state index in [2.05, 4.69) is 51.8 Å². The molecule has 1 rings (SSSR count). The van der Waals surface area contributed by atoms with E-state index in [1.54, 1.807) is 0 Å². The summed E-state index contributed by atoms with van der Waals surface area (Å²) in [5.74, 6) is 0. The van der Waals surface area contributed by atoms with Crippen molar-refractivity contribution in [1.29, 1.82) is 0 Å². The maximum absolute atomic E-state index is 6.14.